The average Bonchev–Trinajstić information content (AvgIpc) is 2.57. The molecule has 0 aromatic heterocycles. The number of likely N-dealkylation sites (tertiary alicyclic amines) is 1. The summed E-state index contributed by atoms with van der Waals surface area (Å²) in [5, 5.41) is 3.44. The summed E-state index contributed by atoms with van der Waals surface area (Å²) in [7, 11) is 1.66. The third-order valence-electron chi connectivity index (χ3n) is 5.38. The fraction of sp³-hybridized carbons (Fsp3) is 0.611. The molecule has 0 unspecified atom stereocenters. The molecule has 0 saturated carbocycles. The summed E-state index contributed by atoms with van der Waals surface area (Å²) in [5.74, 6) is 1.04. The standard InChI is InChI=1S/C18H26N2O2.ClH/c1-22-16-5-3-2-4-15(16)14-17(21)20-12-8-18(9-13-20)6-10-19-11-7-18;/h2-5,19H,6-14H2,1H3;1H. The number of hydrogen-bond acceptors (Lipinski definition) is 3. The van der Waals surface area contributed by atoms with E-state index in [2.05, 4.69) is 5.32 Å². The van der Waals surface area contributed by atoms with Gasteiger partial charge in [0.25, 0.3) is 0 Å². The first-order chi connectivity index (χ1) is 10.7. The fourth-order valence-corrected chi connectivity index (χ4v) is 3.81. The Labute approximate surface area is 145 Å². The zero-order chi connectivity index (χ0) is 15.4. The maximum absolute atomic E-state index is 12.6. The van der Waals surface area contributed by atoms with Gasteiger partial charge in [-0.25, -0.2) is 0 Å². The Hall–Kier alpha value is -1.26. The smallest absolute Gasteiger partial charge is 0.227 e. The normalized spacial score (nSPS) is 20.0. The Kier molecular flexibility index (Phi) is 6.31. The zero-order valence-electron chi connectivity index (χ0n) is 13.8. The molecule has 1 amide bonds. The summed E-state index contributed by atoms with van der Waals surface area (Å²) in [5.41, 5.74) is 1.48. The van der Waals surface area contributed by atoms with Gasteiger partial charge in [0.15, 0.2) is 0 Å². The molecule has 0 radical (unpaired) electrons. The number of piperidine rings is 2. The van der Waals surface area contributed by atoms with Gasteiger partial charge in [-0.3, -0.25) is 4.79 Å². The molecule has 5 heteroatoms. The predicted molar refractivity (Wildman–Crippen MR) is 94.3 cm³/mol. The number of ether oxygens (including phenoxy) is 1. The van der Waals surface area contributed by atoms with Crippen molar-refractivity contribution in [2.75, 3.05) is 33.3 Å². The molecule has 1 spiro atoms. The summed E-state index contributed by atoms with van der Waals surface area (Å²) in [6.45, 7) is 4.09. The largest absolute Gasteiger partial charge is 0.496 e. The summed E-state index contributed by atoms with van der Waals surface area (Å²) in [6.07, 6.45) is 5.29. The molecule has 128 valence electrons. The number of hydrogen-bond donors (Lipinski definition) is 1. The predicted octanol–water partition coefficient (Wildman–Crippen LogP) is 2.65. The molecule has 3 rings (SSSR count). The number of methoxy groups -OCH3 is 1. The van der Waals surface area contributed by atoms with Gasteiger partial charge in [-0.15, -0.1) is 12.4 Å². The fourth-order valence-electron chi connectivity index (χ4n) is 3.81. The minimum absolute atomic E-state index is 0. The van der Waals surface area contributed by atoms with Crippen LogP contribution in [0, 0.1) is 5.41 Å². The Morgan fingerprint density at radius 1 is 1.17 bits per heavy atom. The highest BCUT2D eigenvalue weighted by atomic mass is 35.5. The van der Waals surface area contributed by atoms with Gasteiger partial charge >= 0.3 is 0 Å². The van der Waals surface area contributed by atoms with E-state index in [1.807, 2.05) is 29.2 Å². The number of carbonyl (C=O) groups excluding carboxylic acids is 1. The number of amides is 1. The van der Waals surface area contributed by atoms with Gasteiger partial charge in [-0.05, 0) is 50.3 Å². The molecule has 2 saturated heterocycles. The molecule has 2 aliphatic rings. The first kappa shape index (κ1) is 18.1. The lowest BCUT2D eigenvalue weighted by Crippen LogP contribution is -2.47. The third-order valence-corrected chi connectivity index (χ3v) is 5.38. The number of carbonyl (C=O) groups is 1. The zero-order valence-corrected chi connectivity index (χ0v) is 14.7. The van der Waals surface area contributed by atoms with Crippen molar-refractivity contribution in [1.29, 1.82) is 0 Å². The van der Waals surface area contributed by atoms with E-state index in [1.165, 1.54) is 12.8 Å². The van der Waals surface area contributed by atoms with Crippen LogP contribution in [0.5, 0.6) is 5.75 Å². The SMILES string of the molecule is COc1ccccc1CC(=O)N1CCC2(CCNCC2)CC1.Cl. The topological polar surface area (TPSA) is 41.6 Å². The molecule has 1 aromatic rings. The highest BCUT2D eigenvalue weighted by Crippen LogP contribution is 2.39. The Balaban J connectivity index is 0.00000192. The van der Waals surface area contributed by atoms with E-state index in [9.17, 15) is 4.79 Å². The van der Waals surface area contributed by atoms with Crippen LogP contribution >= 0.6 is 12.4 Å². The van der Waals surface area contributed by atoms with Crippen LogP contribution < -0.4 is 10.1 Å². The minimum Gasteiger partial charge on any atom is -0.496 e. The van der Waals surface area contributed by atoms with Crippen molar-refractivity contribution in [2.24, 2.45) is 5.41 Å². The highest BCUT2D eigenvalue weighted by molar-refractivity contribution is 5.85. The molecule has 0 atom stereocenters. The van der Waals surface area contributed by atoms with Crippen molar-refractivity contribution in [3.8, 4) is 5.75 Å². The molecule has 2 fully saturated rings. The third kappa shape index (κ3) is 4.18. The van der Waals surface area contributed by atoms with E-state index in [-0.39, 0.29) is 18.3 Å². The molecule has 2 heterocycles. The number of para-hydroxylation sites is 1. The van der Waals surface area contributed by atoms with E-state index < -0.39 is 0 Å². The van der Waals surface area contributed by atoms with Crippen LogP contribution in [0.2, 0.25) is 0 Å². The van der Waals surface area contributed by atoms with Crippen LogP contribution in [-0.4, -0.2) is 44.1 Å². The van der Waals surface area contributed by atoms with Crippen LogP contribution in [0.3, 0.4) is 0 Å². The molecule has 4 nitrogen and oxygen atoms in total. The Bertz CT molecular complexity index is 520. The van der Waals surface area contributed by atoms with Gasteiger partial charge in [-0.2, -0.15) is 0 Å². The van der Waals surface area contributed by atoms with Crippen molar-refractivity contribution in [1.82, 2.24) is 10.2 Å². The molecular formula is C18H27ClN2O2. The van der Waals surface area contributed by atoms with Gasteiger partial charge in [0, 0.05) is 18.7 Å². The summed E-state index contributed by atoms with van der Waals surface area (Å²) >= 11 is 0. The van der Waals surface area contributed by atoms with Crippen molar-refractivity contribution in [2.45, 2.75) is 32.1 Å². The quantitative estimate of drug-likeness (QED) is 0.921. The second kappa shape index (κ2) is 8.02. The maximum Gasteiger partial charge on any atom is 0.227 e. The summed E-state index contributed by atoms with van der Waals surface area (Å²) < 4.78 is 5.35. The van der Waals surface area contributed by atoms with Gasteiger partial charge in [0.1, 0.15) is 5.75 Å². The van der Waals surface area contributed by atoms with Crippen LogP contribution in [0.15, 0.2) is 24.3 Å². The van der Waals surface area contributed by atoms with Crippen molar-refractivity contribution >= 4 is 18.3 Å². The lowest BCUT2D eigenvalue weighted by atomic mass is 9.71. The number of nitrogens with zero attached hydrogens (tertiary/aromatic N) is 1. The van der Waals surface area contributed by atoms with Crippen molar-refractivity contribution in [3.05, 3.63) is 29.8 Å². The number of rotatable bonds is 3. The lowest BCUT2D eigenvalue weighted by molar-refractivity contribution is -0.133. The summed E-state index contributed by atoms with van der Waals surface area (Å²) in [4.78, 5) is 14.6. The Morgan fingerprint density at radius 3 is 2.48 bits per heavy atom. The first-order valence-electron chi connectivity index (χ1n) is 8.33. The molecule has 2 aliphatic heterocycles. The molecule has 0 aliphatic carbocycles. The van der Waals surface area contributed by atoms with Gasteiger partial charge in [0.2, 0.25) is 5.91 Å². The van der Waals surface area contributed by atoms with Crippen LogP contribution in [0.4, 0.5) is 0 Å². The minimum atomic E-state index is 0. The maximum atomic E-state index is 12.6. The van der Waals surface area contributed by atoms with Gasteiger partial charge in [-0.1, -0.05) is 18.2 Å². The Morgan fingerprint density at radius 2 is 1.83 bits per heavy atom. The van der Waals surface area contributed by atoms with E-state index in [1.54, 1.807) is 7.11 Å². The van der Waals surface area contributed by atoms with Crippen LogP contribution in [0.25, 0.3) is 0 Å². The second-order valence-electron chi connectivity index (χ2n) is 6.62. The molecule has 1 aromatic carbocycles. The van der Waals surface area contributed by atoms with E-state index >= 15 is 0 Å². The summed E-state index contributed by atoms with van der Waals surface area (Å²) in [6, 6.07) is 7.80. The lowest BCUT2D eigenvalue weighted by Gasteiger charge is -2.44. The molecule has 0 bridgehead atoms. The van der Waals surface area contributed by atoms with Crippen LogP contribution in [0.1, 0.15) is 31.2 Å². The average molecular weight is 339 g/mol. The molecule has 23 heavy (non-hydrogen) atoms. The number of nitrogens with one attached hydrogen (secondary N) is 1. The van der Waals surface area contributed by atoms with E-state index in [4.69, 9.17) is 4.74 Å². The first-order valence-corrected chi connectivity index (χ1v) is 8.33. The highest BCUT2D eigenvalue weighted by Gasteiger charge is 2.36. The van der Waals surface area contributed by atoms with Gasteiger partial charge < -0.3 is 15.0 Å². The number of benzene rings is 1. The second-order valence-corrected chi connectivity index (χ2v) is 6.62. The van der Waals surface area contributed by atoms with E-state index in [0.29, 0.717) is 11.8 Å². The van der Waals surface area contributed by atoms with E-state index in [0.717, 1.165) is 50.3 Å². The number of halogens is 1. The molecule has 1 N–H and O–H groups in total. The van der Waals surface area contributed by atoms with Gasteiger partial charge in [0.05, 0.1) is 13.5 Å². The van der Waals surface area contributed by atoms with Crippen molar-refractivity contribution in [3.63, 3.8) is 0 Å². The van der Waals surface area contributed by atoms with Crippen LogP contribution in [-0.2, 0) is 11.2 Å². The molecular weight excluding hydrogens is 312 g/mol. The van der Waals surface area contributed by atoms with Crippen molar-refractivity contribution < 1.29 is 9.53 Å². The monoisotopic (exact) mass is 338 g/mol.